The van der Waals surface area contributed by atoms with Gasteiger partial charge in [-0.15, -0.1) is 5.10 Å². The van der Waals surface area contributed by atoms with Crippen LogP contribution in [-0.2, 0) is 11.3 Å². The van der Waals surface area contributed by atoms with Gasteiger partial charge in [-0.1, -0.05) is 35.5 Å². The molecular formula is C16H16N4O. The van der Waals surface area contributed by atoms with Crippen LogP contribution in [0.2, 0.25) is 0 Å². The number of para-hydroxylation sites is 2. The first-order valence-electron chi connectivity index (χ1n) is 6.93. The predicted molar refractivity (Wildman–Crippen MR) is 82.0 cm³/mol. The number of carbonyl (C=O) groups excluding carboxylic acids is 1. The second-order valence-electron chi connectivity index (χ2n) is 4.71. The summed E-state index contributed by atoms with van der Waals surface area (Å²) in [4.78, 5) is 14.3. The van der Waals surface area contributed by atoms with Gasteiger partial charge in [0.2, 0.25) is 5.91 Å². The van der Waals surface area contributed by atoms with Crippen molar-refractivity contribution in [2.24, 2.45) is 0 Å². The van der Waals surface area contributed by atoms with Crippen molar-refractivity contribution in [3.05, 3.63) is 54.6 Å². The molecule has 106 valence electrons. The van der Waals surface area contributed by atoms with E-state index in [-0.39, 0.29) is 12.5 Å². The van der Waals surface area contributed by atoms with E-state index in [2.05, 4.69) is 10.3 Å². The van der Waals surface area contributed by atoms with Gasteiger partial charge in [0.25, 0.3) is 0 Å². The molecule has 0 N–H and O–H groups in total. The molecule has 1 amide bonds. The first kappa shape index (κ1) is 13.3. The molecule has 0 unspecified atom stereocenters. The first-order chi connectivity index (χ1) is 10.3. The van der Waals surface area contributed by atoms with E-state index in [1.807, 2.05) is 61.5 Å². The lowest BCUT2D eigenvalue weighted by atomic mass is 10.2. The highest BCUT2D eigenvalue weighted by Crippen LogP contribution is 2.15. The van der Waals surface area contributed by atoms with Crippen molar-refractivity contribution in [3.63, 3.8) is 0 Å². The molecule has 0 saturated heterocycles. The highest BCUT2D eigenvalue weighted by atomic mass is 16.2. The molecular weight excluding hydrogens is 264 g/mol. The molecule has 21 heavy (non-hydrogen) atoms. The van der Waals surface area contributed by atoms with Gasteiger partial charge in [0.05, 0.1) is 5.52 Å². The molecule has 0 radical (unpaired) electrons. The Balaban J connectivity index is 1.85. The number of carbonyl (C=O) groups is 1. The van der Waals surface area contributed by atoms with Gasteiger partial charge < -0.3 is 4.90 Å². The van der Waals surface area contributed by atoms with E-state index in [4.69, 9.17) is 0 Å². The molecule has 2 aromatic carbocycles. The Labute approximate surface area is 122 Å². The summed E-state index contributed by atoms with van der Waals surface area (Å²) in [5.74, 6) is -0.000599. The van der Waals surface area contributed by atoms with Crippen LogP contribution in [0.1, 0.15) is 6.92 Å². The van der Waals surface area contributed by atoms with Crippen LogP contribution >= 0.6 is 0 Å². The van der Waals surface area contributed by atoms with E-state index in [1.165, 1.54) is 0 Å². The number of amides is 1. The minimum atomic E-state index is -0.000599. The van der Waals surface area contributed by atoms with Gasteiger partial charge in [-0.25, -0.2) is 4.68 Å². The summed E-state index contributed by atoms with van der Waals surface area (Å²) in [6.45, 7) is 2.77. The number of likely N-dealkylation sites (N-methyl/N-ethyl adjacent to an activating group) is 1. The van der Waals surface area contributed by atoms with E-state index < -0.39 is 0 Å². The number of nitrogens with zero attached hydrogens (tertiary/aromatic N) is 4. The van der Waals surface area contributed by atoms with Gasteiger partial charge in [0, 0.05) is 12.2 Å². The van der Waals surface area contributed by atoms with Crippen molar-refractivity contribution in [2.45, 2.75) is 13.5 Å². The van der Waals surface area contributed by atoms with Gasteiger partial charge in [0.15, 0.2) is 0 Å². The van der Waals surface area contributed by atoms with Gasteiger partial charge in [-0.3, -0.25) is 4.79 Å². The first-order valence-corrected chi connectivity index (χ1v) is 6.93. The summed E-state index contributed by atoms with van der Waals surface area (Å²) in [5.41, 5.74) is 2.57. The molecule has 5 nitrogen and oxygen atoms in total. The lowest BCUT2D eigenvalue weighted by Gasteiger charge is -2.20. The predicted octanol–water partition coefficient (Wildman–Crippen LogP) is 2.48. The fourth-order valence-electron chi connectivity index (χ4n) is 2.36. The molecule has 0 aliphatic carbocycles. The number of aromatic nitrogens is 3. The normalized spacial score (nSPS) is 10.7. The number of fused-ring (bicyclic) bond motifs is 1. The SMILES string of the molecule is CCN(C(=O)Cn1nnc2ccccc21)c1ccccc1. The molecule has 0 atom stereocenters. The third-order valence-electron chi connectivity index (χ3n) is 3.39. The lowest BCUT2D eigenvalue weighted by molar-refractivity contribution is -0.119. The Kier molecular flexibility index (Phi) is 3.64. The molecule has 3 rings (SSSR count). The summed E-state index contributed by atoms with van der Waals surface area (Å²) in [5, 5.41) is 8.14. The number of hydrogen-bond donors (Lipinski definition) is 0. The number of hydrogen-bond acceptors (Lipinski definition) is 3. The van der Waals surface area contributed by atoms with Crippen molar-refractivity contribution in [1.29, 1.82) is 0 Å². The van der Waals surface area contributed by atoms with Crippen LogP contribution in [0.5, 0.6) is 0 Å². The summed E-state index contributed by atoms with van der Waals surface area (Å²) < 4.78 is 1.64. The fraction of sp³-hybridized carbons (Fsp3) is 0.188. The maximum absolute atomic E-state index is 12.5. The summed E-state index contributed by atoms with van der Waals surface area (Å²) >= 11 is 0. The molecule has 0 saturated carbocycles. The van der Waals surface area contributed by atoms with Gasteiger partial charge >= 0.3 is 0 Å². The highest BCUT2D eigenvalue weighted by molar-refractivity contribution is 5.93. The molecule has 0 spiro atoms. The molecule has 1 aromatic heterocycles. The molecule has 0 bridgehead atoms. The van der Waals surface area contributed by atoms with Crippen molar-refractivity contribution in [2.75, 3.05) is 11.4 Å². The molecule has 0 aliphatic rings. The Morgan fingerprint density at radius 3 is 2.57 bits per heavy atom. The maximum atomic E-state index is 12.5. The third-order valence-corrected chi connectivity index (χ3v) is 3.39. The van der Waals surface area contributed by atoms with Gasteiger partial charge in [-0.2, -0.15) is 0 Å². The molecule has 1 heterocycles. The van der Waals surface area contributed by atoms with Crippen LogP contribution < -0.4 is 4.90 Å². The third kappa shape index (κ3) is 2.63. The summed E-state index contributed by atoms with van der Waals surface area (Å²) in [7, 11) is 0. The average molecular weight is 280 g/mol. The summed E-state index contributed by atoms with van der Waals surface area (Å²) in [6.07, 6.45) is 0. The van der Waals surface area contributed by atoms with Crippen LogP contribution in [-0.4, -0.2) is 27.4 Å². The number of anilines is 1. The standard InChI is InChI=1S/C16H16N4O/c1-2-19(13-8-4-3-5-9-13)16(21)12-20-15-11-7-6-10-14(15)17-18-20/h3-11H,2,12H2,1H3. The monoisotopic (exact) mass is 280 g/mol. The van der Waals surface area contributed by atoms with E-state index >= 15 is 0 Å². The van der Waals surface area contributed by atoms with E-state index in [0.29, 0.717) is 6.54 Å². The molecule has 3 aromatic rings. The quantitative estimate of drug-likeness (QED) is 0.737. The van der Waals surface area contributed by atoms with Crippen molar-refractivity contribution in [1.82, 2.24) is 15.0 Å². The Morgan fingerprint density at radius 1 is 1.10 bits per heavy atom. The topological polar surface area (TPSA) is 51.0 Å². The molecule has 5 heteroatoms. The van der Waals surface area contributed by atoms with Crippen molar-refractivity contribution in [3.8, 4) is 0 Å². The Morgan fingerprint density at radius 2 is 1.81 bits per heavy atom. The maximum Gasteiger partial charge on any atom is 0.248 e. The van der Waals surface area contributed by atoms with Crippen LogP contribution in [0.3, 0.4) is 0 Å². The van der Waals surface area contributed by atoms with Crippen LogP contribution in [0.15, 0.2) is 54.6 Å². The van der Waals surface area contributed by atoms with Crippen LogP contribution in [0, 0.1) is 0 Å². The minimum Gasteiger partial charge on any atom is -0.311 e. The number of rotatable bonds is 4. The minimum absolute atomic E-state index is 0.000599. The average Bonchev–Trinajstić information content (AvgIpc) is 2.92. The van der Waals surface area contributed by atoms with Crippen molar-refractivity contribution < 1.29 is 4.79 Å². The smallest absolute Gasteiger partial charge is 0.248 e. The van der Waals surface area contributed by atoms with Gasteiger partial charge in [0.1, 0.15) is 12.1 Å². The van der Waals surface area contributed by atoms with E-state index in [0.717, 1.165) is 16.7 Å². The van der Waals surface area contributed by atoms with Crippen LogP contribution in [0.25, 0.3) is 11.0 Å². The summed E-state index contributed by atoms with van der Waals surface area (Å²) in [6, 6.07) is 17.3. The van der Waals surface area contributed by atoms with E-state index in [9.17, 15) is 4.79 Å². The highest BCUT2D eigenvalue weighted by Gasteiger charge is 2.16. The van der Waals surface area contributed by atoms with Gasteiger partial charge in [-0.05, 0) is 31.2 Å². The van der Waals surface area contributed by atoms with Crippen LogP contribution in [0.4, 0.5) is 5.69 Å². The second kappa shape index (κ2) is 5.75. The zero-order valence-corrected chi connectivity index (χ0v) is 11.8. The largest absolute Gasteiger partial charge is 0.311 e. The Hall–Kier alpha value is -2.69. The van der Waals surface area contributed by atoms with Crippen molar-refractivity contribution >= 4 is 22.6 Å². The second-order valence-corrected chi connectivity index (χ2v) is 4.71. The number of benzene rings is 2. The zero-order chi connectivity index (χ0) is 14.7. The Bertz CT molecular complexity index is 751. The molecule has 0 aliphatic heterocycles. The van der Waals surface area contributed by atoms with E-state index in [1.54, 1.807) is 9.58 Å². The molecule has 0 fully saturated rings. The zero-order valence-electron chi connectivity index (χ0n) is 11.8. The fourth-order valence-corrected chi connectivity index (χ4v) is 2.36. The lowest BCUT2D eigenvalue weighted by Crippen LogP contribution is -2.33.